The molecule has 0 aliphatic rings. The van der Waals surface area contributed by atoms with Gasteiger partial charge < -0.3 is 14.8 Å². The highest BCUT2D eigenvalue weighted by Gasteiger charge is 2.20. The van der Waals surface area contributed by atoms with Crippen LogP contribution in [0.3, 0.4) is 0 Å². The summed E-state index contributed by atoms with van der Waals surface area (Å²) in [6, 6.07) is 1.15. The molecule has 1 atom stereocenters. The van der Waals surface area contributed by atoms with Crippen LogP contribution in [0.25, 0.3) is 0 Å². The second-order valence-electron chi connectivity index (χ2n) is 3.70. The van der Waals surface area contributed by atoms with Crippen LogP contribution in [0.15, 0.2) is 17.2 Å². The number of sulfonamides is 1. The van der Waals surface area contributed by atoms with E-state index in [0.717, 1.165) is 0 Å². The number of nitrogens with one attached hydrogen (secondary N) is 2. The number of methoxy groups -OCH3 is 1. The van der Waals surface area contributed by atoms with Crippen LogP contribution in [0, 0.1) is 0 Å². The Morgan fingerprint density at radius 2 is 2.29 bits per heavy atom. The number of aromatic amines is 1. The summed E-state index contributed by atoms with van der Waals surface area (Å²) in [6.07, 6.45) is 2.00. The normalized spacial score (nSPS) is 13.8. The fourth-order valence-corrected chi connectivity index (χ4v) is 2.71. The van der Waals surface area contributed by atoms with E-state index in [1.165, 1.54) is 19.4 Å². The third kappa shape index (κ3) is 3.81. The van der Waals surface area contributed by atoms with Crippen LogP contribution in [-0.4, -0.2) is 38.3 Å². The molecule has 0 bridgehead atoms. The molecule has 1 aromatic heterocycles. The molecule has 0 fully saturated rings. The zero-order valence-corrected chi connectivity index (χ0v) is 10.8. The first-order valence-electron chi connectivity index (χ1n) is 5.33. The van der Waals surface area contributed by atoms with Gasteiger partial charge in [-0.3, -0.25) is 0 Å². The summed E-state index contributed by atoms with van der Waals surface area (Å²) in [6.45, 7) is 1.99. The number of hydrogen-bond donors (Lipinski definition) is 3. The number of ether oxygens (including phenoxy) is 1. The number of rotatable bonds is 7. The second kappa shape index (κ2) is 6.15. The van der Waals surface area contributed by atoms with Gasteiger partial charge in [-0.25, -0.2) is 13.1 Å². The molecule has 1 heterocycles. The molecule has 17 heavy (non-hydrogen) atoms. The first-order chi connectivity index (χ1) is 8.03. The quantitative estimate of drug-likeness (QED) is 0.655. The third-order valence-electron chi connectivity index (χ3n) is 2.38. The highest BCUT2D eigenvalue weighted by molar-refractivity contribution is 7.89. The Labute approximate surface area is 101 Å². The smallest absolute Gasteiger partial charge is 0.242 e. The SMILES string of the molecule is CCC(COC)NS(=O)(=O)c1c[nH]c(CO)c1. The Hall–Kier alpha value is -0.890. The summed E-state index contributed by atoms with van der Waals surface area (Å²) in [7, 11) is -2.03. The lowest BCUT2D eigenvalue weighted by atomic mass is 10.3. The summed E-state index contributed by atoms with van der Waals surface area (Å²) in [5, 5.41) is 8.86. The van der Waals surface area contributed by atoms with E-state index >= 15 is 0 Å². The molecule has 0 aliphatic carbocycles. The Morgan fingerprint density at radius 3 is 2.76 bits per heavy atom. The summed E-state index contributed by atoms with van der Waals surface area (Å²) >= 11 is 0. The molecule has 6 nitrogen and oxygen atoms in total. The molecule has 7 heteroatoms. The van der Waals surface area contributed by atoms with Gasteiger partial charge in [-0.1, -0.05) is 6.92 Å². The van der Waals surface area contributed by atoms with Crippen molar-refractivity contribution in [1.82, 2.24) is 9.71 Å². The first kappa shape index (κ1) is 14.2. The topological polar surface area (TPSA) is 91.4 Å². The summed E-state index contributed by atoms with van der Waals surface area (Å²) in [5.74, 6) is 0. The largest absolute Gasteiger partial charge is 0.390 e. The summed E-state index contributed by atoms with van der Waals surface area (Å²) in [5.41, 5.74) is 0.463. The van der Waals surface area contributed by atoms with E-state index in [-0.39, 0.29) is 17.5 Å². The van der Waals surface area contributed by atoms with Crippen LogP contribution in [0.4, 0.5) is 0 Å². The maximum absolute atomic E-state index is 11.9. The van der Waals surface area contributed by atoms with Crippen LogP contribution in [0.5, 0.6) is 0 Å². The Bertz CT molecular complexity index is 441. The van der Waals surface area contributed by atoms with Crippen LogP contribution >= 0.6 is 0 Å². The molecule has 0 saturated carbocycles. The van der Waals surface area contributed by atoms with Gasteiger partial charge in [0.2, 0.25) is 10.0 Å². The monoisotopic (exact) mass is 262 g/mol. The number of H-pyrrole nitrogens is 1. The Morgan fingerprint density at radius 1 is 1.59 bits per heavy atom. The molecule has 1 rings (SSSR count). The van der Waals surface area contributed by atoms with Crippen molar-refractivity contribution < 1.29 is 18.3 Å². The van der Waals surface area contributed by atoms with E-state index in [2.05, 4.69) is 9.71 Å². The highest BCUT2D eigenvalue weighted by atomic mass is 32.2. The molecule has 3 N–H and O–H groups in total. The maximum Gasteiger partial charge on any atom is 0.242 e. The van der Waals surface area contributed by atoms with Crippen molar-refractivity contribution in [1.29, 1.82) is 0 Å². The average Bonchev–Trinajstić information content (AvgIpc) is 2.77. The lowest BCUT2D eigenvalue weighted by Gasteiger charge is -2.15. The Balaban J connectivity index is 2.80. The Kier molecular flexibility index (Phi) is 5.13. The molecule has 0 aliphatic heterocycles. The van der Waals surface area contributed by atoms with Crippen molar-refractivity contribution >= 4 is 10.0 Å². The third-order valence-corrected chi connectivity index (χ3v) is 3.88. The fraction of sp³-hybridized carbons (Fsp3) is 0.600. The lowest BCUT2D eigenvalue weighted by molar-refractivity contribution is 0.173. The summed E-state index contributed by atoms with van der Waals surface area (Å²) < 4.78 is 31.3. The number of aliphatic hydroxyl groups excluding tert-OH is 1. The lowest BCUT2D eigenvalue weighted by Crippen LogP contribution is -2.37. The van der Waals surface area contributed by atoms with Gasteiger partial charge in [0.25, 0.3) is 0 Å². The molecule has 98 valence electrons. The minimum Gasteiger partial charge on any atom is -0.390 e. The van der Waals surface area contributed by atoms with Crippen LogP contribution in [-0.2, 0) is 21.4 Å². The molecule has 0 spiro atoms. The molecule has 1 aromatic rings. The predicted molar refractivity (Wildman–Crippen MR) is 63.0 cm³/mol. The molecule has 1 unspecified atom stereocenters. The van der Waals surface area contributed by atoms with Gasteiger partial charge in [-0.2, -0.15) is 0 Å². The number of aromatic nitrogens is 1. The van der Waals surface area contributed by atoms with Gasteiger partial charge in [0.1, 0.15) is 0 Å². The standard InChI is InChI=1S/C10H18N2O4S/c1-3-8(7-16-2)12-17(14,15)10-4-9(6-13)11-5-10/h4-5,8,11-13H,3,6-7H2,1-2H3. The molecular weight excluding hydrogens is 244 g/mol. The van der Waals surface area contributed by atoms with Crippen LogP contribution in [0.1, 0.15) is 19.0 Å². The van der Waals surface area contributed by atoms with Crippen molar-refractivity contribution in [2.75, 3.05) is 13.7 Å². The zero-order valence-electron chi connectivity index (χ0n) is 9.93. The number of hydrogen-bond acceptors (Lipinski definition) is 4. The molecule has 0 aromatic carbocycles. The van der Waals surface area contributed by atoms with Crippen molar-refractivity contribution in [3.63, 3.8) is 0 Å². The minimum absolute atomic E-state index is 0.121. The van der Waals surface area contributed by atoms with E-state index < -0.39 is 10.0 Å². The van der Waals surface area contributed by atoms with Crippen molar-refractivity contribution in [2.45, 2.75) is 30.9 Å². The van der Waals surface area contributed by atoms with E-state index in [9.17, 15) is 8.42 Å². The van der Waals surface area contributed by atoms with Crippen molar-refractivity contribution in [3.8, 4) is 0 Å². The van der Waals surface area contributed by atoms with Gasteiger partial charge >= 0.3 is 0 Å². The van der Waals surface area contributed by atoms with Crippen molar-refractivity contribution in [3.05, 3.63) is 18.0 Å². The molecule has 0 radical (unpaired) electrons. The van der Waals surface area contributed by atoms with Gasteiger partial charge in [0, 0.05) is 25.0 Å². The fourth-order valence-electron chi connectivity index (χ4n) is 1.39. The first-order valence-corrected chi connectivity index (χ1v) is 6.81. The van der Waals surface area contributed by atoms with E-state index in [1.54, 1.807) is 0 Å². The van der Waals surface area contributed by atoms with E-state index in [4.69, 9.17) is 9.84 Å². The van der Waals surface area contributed by atoms with Gasteiger partial charge in [0.15, 0.2) is 0 Å². The minimum atomic E-state index is -3.56. The van der Waals surface area contributed by atoms with Crippen LogP contribution in [0.2, 0.25) is 0 Å². The van der Waals surface area contributed by atoms with E-state index in [1.807, 2.05) is 6.92 Å². The highest BCUT2D eigenvalue weighted by Crippen LogP contribution is 2.11. The van der Waals surface area contributed by atoms with Gasteiger partial charge in [-0.05, 0) is 12.5 Å². The van der Waals surface area contributed by atoms with Crippen LogP contribution < -0.4 is 4.72 Å². The average molecular weight is 262 g/mol. The van der Waals surface area contributed by atoms with Gasteiger partial charge in [0.05, 0.1) is 18.1 Å². The second-order valence-corrected chi connectivity index (χ2v) is 5.41. The van der Waals surface area contributed by atoms with Gasteiger partial charge in [-0.15, -0.1) is 0 Å². The molecule has 0 saturated heterocycles. The van der Waals surface area contributed by atoms with E-state index in [0.29, 0.717) is 18.7 Å². The zero-order chi connectivity index (χ0) is 12.9. The van der Waals surface area contributed by atoms with Crippen molar-refractivity contribution in [2.24, 2.45) is 0 Å². The predicted octanol–water partition coefficient (Wildman–Crippen LogP) is 0.210. The maximum atomic E-state index is 11.9. The molecule has 0 amide bonds. The summed E-state index contributed by atoms with van der Waals surface area (Å²) in [4.78, 5) is 2.81. The number of aliphatic hydroxyl groups is 1. The molecular formula is C10H18N2O4S.